The summed E-state index contributed by atoms with van der Waals surface area (Å²) in [5.74, 6) is -1.88. The number of benzene rings is 1. The largest absolute Gasteiger partial charge is 0.497 e. The van der Waals surface area contributed by atoms with Gasteiger partial charge in [-0.3, -0.25) is 9.59 Å². The zero-order valence-corrected chi connectivity index (χ0v) is 14.3. The third-order valence-electron chi connectivity index (χ3n) is 3.33. The Morgan fingerprint density at radius 1 is 1.12 bits per heavy atom. The highest BCUT2D eigenvalue weighted by Crippen LogP contribution is 2.25. The summed E-state index contributed by atoms with van der Waals surface area (Å²) in [6, 6.07) is 5.42. The number of ketones is 1. The molecule has 132 valence electrons. The van der Waals surface area contributed by atoms with Gasteiger partial charge < -0.3 is 14.8 Å². The van der Waals surface area contributed by atoms with Gasteiger partial charge in [-0.2, -0.15) is 0 Å². The van der Waals surface area contributed by atoms with E-state index >= 15 is 0 Å². The zero-order chi connectivity index (χ0) is 18.7. The molecule has 2 rings (SSSR count). The van der Waals surface area contributed by atoms with Crippen LogP contribution in [-0.4, -0.2) is 36.9 Å². The number of urea groups is 1. The number of hydrogen-bond acceptors (Lipinski definition) is 6. The van der Waals surface area contributed by atoms with Gasteiger partial charge >= 0.3 is 12.0 Å². The lowest BCUT2D eigenvalue weighted by atomic mass is 10.1. The number of ether oxygens (including phenoxy) is 2. The number of amides is 3. The van der Waals surface area contributed by atoms with Crippen LogP contribution in [0.3, 0.4) is 0 Å². The summed E-state index contributed by atoms with van der Waals surface area (Å²) in [5.41, 5.74) is -0.597. The Kier molecular flexibility index (Phi) is 5.21. The standard InChI is InChI=1S/C17H18N2O6/c1-9(2)25-16(22)13(10(3)20)14-15(21)19(17(23)18-14)11-5-7-12(24-4)8-6-11/h5-9H,1-4H3,(H,18,23). The molecule has 1 aromatic rings. The van der Waals surface area contributed by atoms with Crippen LogP contribution in [0.1, 0.15) is 20.8 Å². The summed E-state index contributed by atoms with van der Waals surface area (Å²) in [6.07, 6.45) is -0.479. The second kappa shape index (κ2) is 7.16. The molecule has 1 aromatic carbocycles. The van der Waals surface area contributed by atoms with Crippen molar-refractivity contribution in [3.63, 3.8) is 0 Å². The van der Waals surface area contributed by atoms with Crippen LogP contribution in [0.4, 0.5) is 10.5 Å². The van der Waals surface area contributed by atoms with E-state index in [0.717, 1.165) is 11.8 Å². The Bertz CT molecular complexity index is 764. The van der Waals surface area contributed by atoms with Crippen LogP contribution in [-0.2, 0) is 19.1 Å². The minimum Gasteiger partial charge on any atom is -0.497 e. The number of methoxy groups -OCH3 is 1. The van der Waals surface area contributed by atoms with Crippen LogP contribution in [0.2, 0.25) is 0 Å². The topological polar surface area (TPSA) is 102 Å². The molecule has 3 amide bonds. The van der Waals surface area contributed by atoms with Gasteiger partial charge in [0.15, 0.2) is 5.78 Å². The van der Waals surface area contributed by atoms with Gasteiger partial charge in [0.1, 0.15) is 17.0 Å². The highest BCUT2D eigenvalue weighted by molar-refractivity contribution is 6.32. The summed E-state index contributed by atoms with van der Waals surface area (Å²) in [5, 5.41) is 2.28. The Labute approximate surface area is 144 Å². The number of rotatable bonds is 5. The van der Waals surface area contributed by atoms with Crippen molar-refractivity contribution in [2.24, 2.45) is 0 Å². The highest BCUT2D eigenvalue weighted by Gasteiger charge is 2.40. The van der Waals surface area contributed by atoms with Gasteiger partial charge in [-0.15, -0.1) is 0 Å². The summed E-state index contributed by atoms with van der Waals surface area (Å²) in [6.45, 7) is 4.34. The monoisotopic (exact) mass is 346 g/mol. The minimum absolute atomic E-state index is 0.276. The molecule has 8 heteroatoms. The normalized spacial score (nSPS) is 16.0. The van der Waals surface area contributed by atoms with E-state index < -0.39 is 35.4 Å². The third kappa shape index (κ3) is 3.68. The van der Waals surface area contributed by atoms with Crippen molar-refractivity contribution in [2.45, 2.75) is 26.9 Å². The number of carbonyl (C=O) groups excluding carboxylic acids is 4. The van der Waals surface area contributed by atoms with E-state index in [1.165, 1.54) is 19.2 Å². The van der Waals surface area contributed by atoms with Crippen LogP contribution in [0.5, 0.6) is 5.75 Å². The fraction of sp³-hybridized carbons (Fsp3) is 0.294. The van der Waals surface area contributed by atoms with Gasteiger partial charge in [0.2, 0.25) is 0 Å². The number of nitrogens with zero attached hydrogens (tertiary/aromatic N) is 1. The average molecular weight is 346 g/mol. The molecule has 1 N–H and O–H groups in total. The summed E-state index contributed by atoms with van der Waals surface area (Å²) in [7, 11) is 1.49. The first-order valence-electron chi connectivity index (χ1n) is 7.52. The fourth-order valence-electron chi connectivity index (χ4n) is 2.25. The van der Waals surface area contributed by atoms with Crippen molar-refractivity contribution in [1.29, 1.82) is 0 Å². The molecule has 1 aliphatic heterocycles. The van der Waals surface area contributed by atoms with Gasteiger partial charge in [-0.25, -0.2) is 14.5 Å². The molecule has 1 fully saturated rings. The first kappa shape index (κ1) is 18.2. The maximum Gasteiger partial charge on any atom is 0.344 e. The van der Waals surface area contributed by atoms with Crippen molar-refractivity contribution >= 4 is 29.4 Å². The van der Waals surface area contributed by atoms with E-state index in [2.05, 4.69) is 5.32 Å². The molecule has 0 bridgehead atoms. The quantitative estimate of drug-likeness (QED) is 0.285. The fourth-order valence-corrected chi connectivity index (χ4v) is 2.25. The molecule has 0 unspecified atom stereocenters. The summed E-state index contributed by atoms with van der Waals surface area (Å²) in [4.78, 5) is 49.6. The van der Waals surface area contributed by atoms with E-state index in [-0.39, 0.29) is 11.4 Å². The number of nitrogens with one attached hydrogen (secondary N) is 1. The Balaban J connectivity index is 2.43. The molecule has 0 spiro atoms. The molecule has 1 aliphatic rings. The molecule has 0 saturated carbocycles. The van der Waals surface area contributed by atoms with Crippen molar-refractivity contribution in [2.75, 3.05) is 12.0 Å². The third-order valence-corrected chi connectivity index (χ3v) is 3.33. The molecule has 0 radical (unpaired) electrons. The maximum atomic E-state index is 12.6. The van der Waals surface area contributed by atoms with Crippen LogP contribution in [0.15, 0.2) is 35.5 Å². The predicted molar refractivity (Wildman–Crippen MR) is 87.9 cm³/mol. The number of carbonyl (C=O) groups is 4. The van der Waals surface area contributed by atoms with E-state index in [1.807, 2.05) is 0 Å². The molecule has 1 saturated heterocycles. The van der Waals surface area contributed by atoms with E-state index in [0.29, 0.717) is 5.75 Å². The van der Waals surface area contributed by atoms with Crippen LogP contribution >= 0.6 is 0 Å². The minimum atomic E-state index is -0.956. The first-order chi connectivity index (χ1) is 11.8. The van der Waals surface area contributed by atoms with Crippen molar-refractivity contribution < 1.29 is 28.7 Å². The lowest BCUT2D eigenvalue weighted by Crippen LogP contribution is -2.30. The van der Waals surface area contributed by atoms with Crippen molar-refractivity contribution in [3.05, 3.63) is 35.5 Å². The Morgan fingerprint density at radius 2 is 1.72 bits per heavy atom. The van der Waals surface area contributed by atoms with Crippen molar-refractivity contribution in [1.82, 2.24) is 5.32 Å². The number of hydrogen-bond donors (Lipinski definition) is 1. The Morgan fingerprint density at radius 3 is 2.20 bits per heavy atom. The van der Waals surface area contributed by atoms with Gasteiger partial charge in [0, 0.05) is 0 Å². The summed E-state index contributed by atoms with van der Waals surface area (Å²) >= 11 is 0. The second-order valence-corrected chi connectivity index (χ2v) is 5.53. The van der Waals surface area contributed by atoms with E-state index in [1.54, 1.807) is 26.0 Å². The number of anilines is 1. The Hall–Kier alpha value is -3.16. The lowest BCUT2D eigenvalue weighted by molar-refractivity contribution is -0.144. The maximum absolute atomic E-state index is 12.6. The van der Waals surface area contributed by atoms with E-state index in [9.17, 15) is 19.2 Å². The van der Waals surface area contributed by atoms with Crippen LogP contribution < -0.4 is 15.0 Å². The molecule has 0 aliphatic carbocycles. The smallest absolute Gasteiger partial charge is 0.344 e. The molecule has 0 atom stereocenters. The molecular weight excluding hydrogens is 328 g/mol. The average Bonchev–Trinajstić information content (AvgIpc) is 2.81. The van der Waals surface area contributed by atoms with Gasteiger partial charge in [-0.05, 0) is 45.0 Å². The number of imide groups is 1. The SMILES string of the molecule is COc1ccc(N2C(=O)NC(=C(C(C)=O)C(=O)OC(C)C)C2=O)cc1. The highest BCUT2D eigenvalue weighted by atomic mass is 16.5. The van der Waals surface area contributed by atoms with Crippen LogP contribution in [0.25, 0.3) is 0 Å². The number of Topliss-reactive ketones (excluding diaryl/α,β-unsaturated/α-hetero) is 1. The van der Waals surface area contributed by atoms with Gasteiger partial charge in [0.25, 0.3) is 5.91 Å². The number of esters is 1. The van der Waals surface area contributed by atoms with Crippen LogP contribution in [0, 0.1) is 0 Å². The zero-order valence-electron chi connectivity index (χ0n) is 14.3. The lowest BCUT2D eigenvalue weighted by Gasteiger charge is -2.13. The second-order valence-electron chi connectivity index (χ2n) is 5.53. The van der Waals surface area contributed by atoms with Crippen molar-refractivity contribution in [3.8, 4) is 5.75 Å². The molecule has 25 heavy (non-hydrogen) atoms. The molecule has 8 nitrogen and oxygen atoms in total. The molecular formula is C17H18N2O6. The molecule has 1 heterocycles. The van der Waals surface area contributed by atoms with E-state index in [4.69, 9.17) is 9.47 Å². The molecule has 0 aromatic heterocycles. The predicted octanol–water partition coefficient (Wildman–Crippen LogP) is 1.55. The van der Waals surface area contributed by atoms with Gasteiger partial charge in [0.05, 0.1) is 18.9 Å². The summed E-state index contributed by atoms with van der Waals surface area (Å²) < 4.78 is 10.0. The van der Waals surface area contributed by atoms with Gasteiger partial charge in [-0.1, -0.05) is 0 Å². The first-order valence-corrected chi connectivity index (χ1v) is 7.52.